The topological polar surface area (TPSA) is 62.9 Å². The Bertz CT molecular complexity index is 1940. The van der Waals surface area contributed by atoms with Gasteiger partial charge in [-0.2, -0.15) is 4.57 Å². The molecule has 0 saturated carbocycles. The van der Waals surface area contributed by atoms with Crippen LogP contribution in [0.1, 0.15) is 5.56 Å². The van der Waals surface area contributed by atoms with Crippen LogP contribution in [0.3, 0.4) is 0 Å². The average Bonchev–Trinajstić information content (AvgIpc) is 3.68. The molecule has 0 atom stereocenters. The van der Waals surface area contributed by atoms with Crippen molar-refractivity contribution in [3.63, 3.8) is 0 Å². The molecule has 0 bridgehead atoms. The smallest absolute Gasteiger partial charge is 0.231 e. The SMILES string of the molecule is COc1ccc2cc3[n+](cc2c1OCCOc1ccc(-c2nc4ccccc4s2)cc1)CCc1cc2c(cc1-3)OCO2. The highest BCUT2D eigenvalue weighted by atomic mass is 32.1. The van der Waals surface area contributed by atoms with E-state index in [4.69, 9.17) is 28.7 Å². The molecule has 208 valence electrons. The van der Waals surface area contributed by atoms with Gasteiger partial charge in [-0.1, -0.05) is 12.1 Å². The zero-order valence-electron chi connectivity index (χ0n) is 23.0. The molecular formula is C34H27N2O5S+. The fourth-order valence-corrected chi connectivity index (χ4v) is 6.67. The van der Waals surface area contributed by atoms with Crippen LogP contribution in [0.2, 0.25) is 0 Å². The standard InChI is InChI=1S/C34H27N2O5S/c1-37-29-11-8-22-16-28-25-18-31-30(40-20-41-31)17-23(25)12-13-36(28)19-26(22)33(29)39-15-14-38-24-9-6-21(7-10-24)34-35-27-4-2-3-5-32(27)42-34/h2-11,16-19H,12-15,20H2,1H3/q+1. The highest BCUT2D eigenvalue weighted by Crippen LogP contribution is 2.41. The van der Waals surface area contributed by atoms with Gasteiger partial charge in [-0.15, -0.1) is 11.3 Å². The Kier molecular flexibility index (Phi) is 6.07. The number of ether oxygens (including phenoxy) is 5. The summed E-state index contributed by atoms with van der Waals surface area (Å²) in [5, 5.41) is 3.08. The lowest BCUT2D eigenvalue weighted by atomic mass is 9.95. The van der Waals surface area contributed by atoms with E-state index in [9.17, 15) is 0 Å². The lowest BCUT2D eigenvalue weighted by Gasteiger charge is -2.18. The van der Waals surface area contributed by atoms with E-state index < -0.39 is 0 Å². The number of thiazole rings is 1. The Hall–Kier alpha value is -4.82. The van der Waals surface area contributed by atoms with Crippen LogP contribution in [-0.2, 0) is 13.0 Å². The van der Waals surface area contributed by atoms with E-state index in [-0.39, 0.29) is 6.79 Å². The molecule has 0 fully saturated rings. The van der Waals surface area contributed by atoms with Gasteiger partial charge in [0.25, 0.3) is 0 Å². The summed E-state index contributed by atoms with van der Waals surface area (Å²) in [6.45, 7) is 1.92. The fourth-order valence-electron chi connectivity index (χ4n) is 5.70. The van der Waals surface area contributed by atoms with E-state index in [0.717, 1.165) is 68.5 Å². The van der Waals surface area contributed by atoms with Gasteiger partial charge in [-0.05, 0) is 71.6 Å². The summed E-state index contributed by atoms with van der Waals surface area (Å²) in [5.41, 5.74) is 5.70. The van der Waals surface area contributed by atoms with Crippen molar-refractivity contribution < 1.29 is 28.3 Å². The Morgan fingerprint density at radius 2 is 1.74 bits per heavy atom. The number of aromatic nitrogens is 2. The summed E-state index contributed by atoms with van der Waals surface area (Å²) >= 11 is 1.69. The maximum Gasteiger partial charge on any atom is 0.231 e. The Morgan fingerprint density at radius 1 is 0.905 bits per heavy atom. The van der Waals surface area contributed by atoms with Gasteiger partial charge in [0.2, 0.25) is 12.5 Å². The number of aryl methyl sites for hydroxylation is 2. The lowest BCUT2D eigenvalue weighted by Crippen LogP contribution is -2.40. The highest BCUT2D eigenvalue weighted by Gasteiger charge is 2.28. The van der Waals surface area contributed by atoms with Gasteiger partial charge < -0.3 is 23.7 Å². The second-order valence-corrected chi connectivity index (χ2v) is 11.3. The molecule has 0 saturated heterocycles. The Labute approximate surface area is 246 Å². The van der Waals surface area contributed by atoms with E-state index in [1.165, 1.54) is 15.8 Å². The second kappa shape index (κ2) is 10.2. The summed E-state index contributed by atoms with van der Waals surface area (Å²) in [4.78, 5) is 4.75. The third-order valence-electron chi connectivity index (χ3n) is 7.79. The van der Waals surface area contributed by atoms with Crippen LogP contribution in [0.5, 0.6) is 28.7 Å². The van der Waals surface area contributed by atoms with Crippen molar-refractivity contribution in [2.75, 3.05) is 27.1 Å². The van der Waals surface area contributed by atoms with Crippen molar-refractivity contribution in [1.29, 1.82) is 0 Å². The minimum atomic E-state index is 0.273. The molecule has 0 unspecified atom stereocenters. The highest BCUT2D eigenvalue weighted by molar-refractivity contribution is 7.21. The van der Waals surface area contributed by atoms with Crippen LogP contribution >= 0.6 is 11.3 Å². The van der Waals surface area contributed by atoms with E-state index in [2.05, 4.69) is 41.1 Å². The summed E-state index contributed by atoms with van der Waals surface area (Å²) in [6.07, 6.45) is 3.08. The van der Waals surface area contributed by atoms with Gasteiger partial charge in [-0.25, -0.2) is 4.98 Å². The van der Waals surface area contributed by atoms with Crippen molar-refractivity contribution >= 4 is 32.3 Å². The molecule has 2 aliphatic rings. The summed E-state index contributed by atoms with van der Waals surface area (Å²) in [7, 11) is 1.67. The Morgan fingerprint density at radius 3 is 2.60 bits per heavy atom. The monoisotopic (exact) mass is 575 g/mol. The van der Waals surface area contributed by atoms with Crippen molar-refractivity contribution in [2.45, 2.75) is 13.0 Å². The number of rotatable bonds is 7. The number of pyridine rings is 1. The molecule has 4 aromatic carbocycles. The quantitative estimate of drug-likeness (QED) is 0.154. The first-order valence-electron chi connectivity index (χ1n) is 13.9. The van der Waals surface area contributed by atoms with Crippen molar-refractivity contribution in [2.24, 2.45) is 0 Å². The largest absolute Gasteiger partial charge is 0.493 e. The molecule has 4 heterocycles. The molecule has 0 spiro atoms. The van der Waals surface area contributed by atoms with E-state index >= 15 is 0 Å². The van der Waals surface area contributed by atoms with Crippen LogP contribution < -0.4 is 28.3 Å². The normalized spacial score (nSPS) is 13.2. The van der Waals surface area contributed by atoms with Gasteiger partial charge in [0.05, 0.1) is 28.3 Å². The summed E-state index contributed by atoms with van der Waals surface area (Å²) in [6, 6.07) is 26.7. The van der Waals surface area contributed by atoms with Gasteiger partial charge >= 0.3 is 0 Å². The van der Waals surface area contributed by atoms with Crippen LogP contribution in [0, 0.1) is 0 Å². The van der Waals surface area contributed by atoms with Crippen molar-refractivity contribution in [3.8, 4) is 50.6 Å². The molecule has 0 radical (unpaired) electrons. The van der Waals surface area contributed by atoms with Gasteiger partial charge in [0, 0.05) is 18.1 Å². The van der Waals surface area contributed by atoms with Crippen LogP contribution in [0.15, 0.2) is 85.1 Å². The first-order valence-corrected chi connectivity index (χ1v) is 14.7. The third kappa shape index (κ3) is 4.35. The van der Waals surface area contributed by atoms with E-state index in [0.29, 0.717) is 19.0 Å². The van der Waals surface area contributed by atoms with Gasteiger partial charge in [0.1, 0.15) is 24.0 Å². The molecular weight excluding hydrogens is 548 g/mol. The molecule has 7 nitrogen and oxygen atoms in total. The molecule has 6 aromatic rings. The molecule has 42 heavy (non-hydrogen) atoms. The second-order valence-electron chi connectivity index (χ2n) is 10.3. The van der Waals surface area contributed by atoms with Crippen LogP contribution in [0.4, 0.5) is 0 Å². The number of nitrogens with zero attached hydrogens (tertiary/aromatic N) is 2. The molecule has 8 heteroatoms. The minimum Gasteiger partial charge on any atom is -0.493 e. The van der Waals surface area contributed by atoms with Crippen LogP contribution in [-0.4, -0.2) is 32.1 Å². The van der Waals surface area contributed by atoms with Gasteiger partial charge in [0.15, 0.2) is 35.7 Å². The van der Waals surface area contributed by atoms with Crippen molar-refractivity contribution in [3.05, 3.63) is 90.6 Å². The maximum absolute atomic E-state index is 6.30. The van der Waals surface area contributed by atoms with Gasteiger partial charge in [-0.3, -0.25) is 0 Å². The Balaban J connectivity index is 0.996. The minimum absolute atomic E-state index is 0.273. The summed E-state index contributed by atoms with van der Waals surface area (Å²) in [5.74, 6) is 3.83. The molecule has 8 rings (SSSR count). The fraction of sp³-hybridized carbons (Fsp3) is 0.176. The molecule has 0 amide bonds. The molecule has 2 aromatic heterocycles. The number of benzene rings is 4. The number of methoxy groups -OCH3 is 1. The molecule has 0 N–H and O–H groups in total. The van der Waals surface area contributed by atoms with E-state index in [1.807, 2.05) is 48.5 Å². The summed E-state index contributed by atoms with van der Waals surface area (Å²) < 4.78 is 32.7. The zero-order chi connectivity index (χ0) is 28.0. The maximum atomic E-state index is 6.30. The number of fused-ring (bicyclic) bond motifs is 6. The third-order valence-corrected chi connectivity index (χ3v) is 8.88. The first kappa shape index (κ1) is 24.9. The zero-order valence-corrected chi connectivity index (χ0v) is 23.8. The number of hydrogen-bond acceptors (Lipinski definition) is 7. The van der Waals surface area contributed by atoms with Crippen LogP contribution in [0.25, 0.3) is 42.8 Å². The van der Waals surface area contributed by atoms with E-state index in [1.54, 1.807) is 18.4 Å². The number of para-hydroxylation sites is 1. The predicted octanol–water partition coefficient (Wildman–Crippen LogP) is 6.82. The number of hydrogen-bond donors (Lipinski definition) is 0. The van der Waals surface area contributed by atoms with Crippen molar-refractivity contribution in [1.82, 2.24) is 4.98 Å². The molecule has 0 aliphatic carbocycles. The molecule has 2 aliphatic heterocycles. The predicted molar refractivity (Wildman–Crippen MR) is 162 cm³/mol. The average molecular weight is 576 g/mol. The first-order chi connectivity index (χ1) is 20.7. The lowest BCUT2D eigenvalue weighted by molar-refractivity contribution is -0.686.